The van der Waals surface area contributed by atoms with Crippen LogP contribution in [0.2, 0.25) is 0 Å². The van der Waals surface area contributed by atoms with Crippen LogP contribution in [0.4, 0.5) is 0 Å². The first-order chi connectivity index (χ1) is 8.29. The van der Waals surface area contributed by atoms with E-state index in [4.69, 9.17) is 9.47 Å². The molecule has 96 valence electrons. The van der Waals surface area contributed by atoms with Gasteiger partial charge in [-0.3, -0.25) is 0 Å². The van der Waals surface area contributed by atoms with Crippen LogP contribution in [0.3, 0.4) is 0 Å². The molecule has 5 heteroatoms. The van der Waals surface area contributed by atoms with E-state index in [2.05, 4.69) is 28.7 Å². The summed E-state index contributed by atoms with van der Waals surface area (Å²) >= 11 is 0. The molecule has 1 N–H and O–H groups in total. The maximum Gasteiger partial charge on any atom is 0.134 e. The number of rotatable bonds is 5. The van der Waals surface area contributed by atoms with E-state index >= 15 is 0 Å². The van der Waals surface area contributed by atoms with Gasteiger partial charge in [-0.05, 0) is 13.8 Å². The number of hydrogen-bond acceptors (Lipinski definition) is 4. The second-order valence-corrected chi connectivity index (χ2v) is 4.37. The van der Waals surface area contributed by atoms with Crippen LogP contribution in [0.25, 0.3) is 0 Å². The number of morpholine rings is 1. The lowest BCUT2D eigenvalue weighted by Crippen LogP contribution is -2.45. The second kappa shape index (κ2) is 6.14. The average molecular weight is 239 g/mol. The fourth-order valence-corrected chi connectivity index (χ4v) is 2.02. The highest BCUT2D eigenvalue weighted by atomic mass is 16.5. The van der Waals surface area contributed by atoms with E-state index < -0.39 is 0 Å². The summed E-state index contributed by atoms with van der Waals surface area (Å²) in [4.78, 5) is 4.27. The fraction of sp³-hybridized carbons (Fsp3) is 0.750. The summed E-state index contributed by atoms with van der Waals surface area (Å²) < 4.78 is 13.5. The molecule has 1 fully saturated rings. The molecule has 1 aliphatic heterocycles. The minimum Gasteiger partial charge on any atom is -0.371 e. The molecule has 0 saturated carbocycles. The topological polar surface area (TPSA) is 48.3 Å². The van der Waals surface area contributed by atoms with Crippen molar-refractivity contribution in [3.63, 3.8) is 0 Å². The van der Waals surface area contributed by atoms with Crippen molar-refractivity contribution in [1.29, 1.82) is 0 Å². The predicted octanol–water partition coefficient (Wildman–Crippen LogP) is 0.796. The van der Waals surface area contributed by atoms with E-state index in [1.165, 1.54) is 0 Å². The Morgan fingerprint density at radius 3 is 3.24 bits per heavy atom. The monoisotopic (exact) mass is 239 g/mol. The van der Waals surface area contributed by atoms with Crippen LogP contribution in [0.15, 0.2) is 12.4 Å². The first-order valence-corrected chi connectivity index (χ1v) is 6.23. The number of imidazole rings is 1. The minimum atomic E-state index is 0.156. The predicted molar refractivity (Wildman–Crippen MR) is 64.8 cm³/mol. The highest BCUT2D eigenvalue weighted by Gasteiger charge is 2.18. The van der Waals surface area contributed by atoms with Gasteiger partial charge in [-0.1, -0.05) is 0 Å². The molecule has 2 atom stereocenters. The van der Waals surface area contributed by atoms with Crippen molar-refractivity contribution >= 4 is 0 Å². The van der Waals surface area contributed by atoms with Gasteiger partial charge in [0, 0.05) is 32.0 Å². The highest BCUT2D eigenvalue weighted by Crippen LogP contribution is 2.05. The van der Waals surface area contributed by atoms with Crippen LogP contribution in [0.5, 0.6) is 0 Å². The zero-order valence-corrected chi connectivity index (χ0v) is 10.6. The van der Waals surface area contributed by atoms with Crippen LogP contribution in [0, 0.1) is 0 Å². The van der Waals surface area contributed by atoms with Crippen molar-refractivity contribution in [3.8, 4) is 0 Å². The van der Waals surface area contributed by atoms with E-state index in [1.54, 1.807) is 0 Å². The maximum absolute atomic E-state index is 5.75. The van der Waals surface area contributed by atoms with E-state index in [1.807, 2.05) is 12.4 Å². The third kappa shape index (κ3) is 3.52. The van der Waals surface area contributed by atoms with Gasteiger partial charge in [-0.2, -0.15) is 0 Å². The first-order valence-electron chi connectivity index (χ1n) is 6.23. The Labute approximate surface area is 102 Å². The van der Waals surface area contributed by atoms with E-state index in [0.29, 0.717) is 13.2 Å². The lowest BCUT2D eigenvalue weighted by molar-refractivity contribution is -0.0726. The minimum absolute atomic E-state index is 0.156. The summed E-state index contributed by atoms with van der Waals surface area (Å²) in [6, 6.07) is 0. The summed E-state index contributed by atoms with van der Waals surface area (Å²) in [5.41, 5.74) is 0. The molecular weight excluding hydrogens is 218 g/mol. The van der Waals surface area contributed by atoms with Gasteiger partial charge in [0.2, 0.25) is 0 Å². The average Bonchev–Trinajstić information content (AvgIpc) is 2.77. The Kier molecular flexibility index (Phi) is 4.53. The van der Waals surface area contributed by atoms with Gasteiger partial charge in [0.25, 0.3) is 0 Å². The van der Waals surface area contributed by atoms with Crippen LogP contribution in [-0.4, -0.2) is 41.5 Å². The van der Waals surface area contributed by atoms with Crippen molar-refractivity contribution in [2.45, 2.75) is 39.2 Å². The largest absolute Gasteiger partial charge is 0.371 e. The van der Waals surface area contributed by atoms with Crippen molar-refractivity contribution in [1.82, 2.24) is 14.9 Å². The number of hydrogen-bond donors (Lipinski definition) is 1. The van der Waals surface area contributed by atoms with Gasteiger partial charge in [-0.15, -0.1) is 0 Å². The molecule has 2 rings (SSSR count). The lowest BCUT2D eigenvalue weighted by Gasteiger charge is -2.28. The second-order valence-electron chi connectivity index (χ2n) is 4.37. The zero-order valence-electron chi connectivity index (χ0n) is 10.6. The normalized spacial score (nSPS) is 25.1. The third-order valence-corrected chi connectivity index (χ3v) is 2.91. The molecule has 0 bridgehead atoms. The first kappa shape index (κ1) is 12.5. The Hall–Kier alpha value is -0.910. The number of aryl methyl sites for hydroxylation is 1. The molecule has 2 heterocycles. The molecule has 5 nitrogen and oxygen atoms in total. The maximum atomic E-state index is 5.75. The molecular formula is C12H21N3O2. The van der Waals surface area contributed by atoms with Gasteiger partial charge in [0.05, 0.1) is 18.8 Å². The summed E-state index contributed by atoms with van der Waals surface area (Å²) in [5, 5.41) is 3.32. The van der Waals surface area contributed by atoms with Crippen molar-refractivity contribution in [2.75, 3.05) is 19.7 Å². The van der Waals surface area contributed by atoms with Crippen LogP contribution in [-0.2, 0) is 22.6 Å². The lowest BCUT2D eigenvalue weighted by atomic mass is 10.2. The van der Waals surface area contributed by atoms with Gasteiger partial charge in [0.1, 0.15) is 12.4 Å². The third-order valence-electron chi connectivity index (χ3n) is 2.91. The quantitative estimate of drug-likeness (QED) is 0.825. The summed E-state index contributed by atoms with van der Waals surface area (Å²) in [6.45, 7) is 8.06. The molecule has 1 saturated heterocycles. The van der Waals surface area contributed by atoms with Crippen molar-refractivity contribution in [3.05, 3.63) is 18.2 Å². The Bertz CT molecular complexity index is 340. The molecule has 0 spiro atoms. The summed E-state index contributed by atoms with van der Waals surface area (Å²) in [7, 11) is 0. The van der Waals surface area contributed by atoms with Crippen LogP contribution >= 0.6 is 0 Å². The van der Waals surface area contributed by atoms with Crippen LogP contribution < -0.4 is 5.32 Å². The summed E-state index contributed by atoms with van der Waals surface area (Å²) in [5.74, 6) is 0.976. The SMILES string of the molecule is CCn1ccnc1COCC1CNCC(C)O1. The zero-order chi connectivity index (χ0) is 12.1. The number of ether oxygens (including phenoxy) is 2. The molecule has 2 unspecified atom stereocenters. The summed E-state index contributed by atoms with van der Waals surface area (Å²) in [6.07, 6.45) is 4.21. The van der Waals surface area contributed by atoms with E-state index in [0.717, 1.165) is 25.5 Å². The molecule has 0 aromatic carbocycles. The molecule has 1 aromatic heterocycles. The smallest absolute Gasteiger partial charge is 0.134 e. The fourth-order valence-electron chi connectivity index (χ4n) is 2.02. The molecule has 0 aliphatic carbocycles. The Balaban J connectivity index is 1.72. The van der Waals surface area contributed by atoms with Crippen molar-refractivity contribution < 1.29 is 9.47 Å². The molecule has 0 amide bonds. The molecule has 0 radical (unpaired) electrons. The molecule has 17 heavy (non-hydrogen) atoms. The highest BCUT2D eigenvalue weighted by molar-refractivity contribution is 4.90. The van der Waals surface area contributed by atoms with E-state index in [9.17, 15) is 0 Å². The standard InChI is InChI=1S/C12H21N3O2/c1-3-15-5-4-14-12(15)9-16-8-11-7-13-6-10(2)17-11/h4-5,10-11,13H,3,6-9H2,1-2H3. The number of nitrogens with zero attached hydrogens (tertiary/aromatic N) is 2. The van der Waals surface area contributed by atoms with Gasteiger partial charge >= 0.3 is 0 Å². The van der Waals surface area contributed by atoms with E-state index in [-0.39, 0.29) is 12.2 Å². The van der Waals surface area contributed by atoms with Crippen molar-refractivity contribution in [2.24, 2.45) is 0 Å². The van der Waals surface area contributed by atoms with Gasteiger partial charge < -0.3 is 19.4 Å². The molecule has 1 aliphatic rings. The molecule has 1 aromatic rings. The van der Waals surface area contributed by atoms with Gasteiger partial charge in [0.15, 0.2) is 0 Å². The Morgan fingerprint density at radius 2 is 2.47 bits per heavy atom. The van der Waals surface area contributed by atoms with Crippen LogP contribution in [0.1, 0.15) is 19.7 Å². The number of aromatic nitrogens is 2. The number of nitrogens with one attached hydrogen (secondary N) is 1. The Morgan fingerprint density at radius 1 is 1.59 bits per heavy atom. The van der Waals surface area contributed by atoms with Gasteiger partial charge in [-0.25, -0.2) is 4.98 Å².